The number of nitrogens with one attached hydrogen (secondary N) is 2. The fourth-order valence-corrected chi connectivity index (χ4v) is 3.81. The van der Waals surface area contributed by atoms with Crippen LogP contribution >= 0.6 is 11.3 Å². The van der Waals surface area contributed by atoms with Crippen molar-refractivity contribution in [2.75, 3.05) is 16.3 Å². The van der Waals surface area contributed by atoms with Crippen molar-refractivity contribution in [3.05, 3.63) is 65.5 Å². The zero-order valence-corrected chi connectivity index (χ0v) is 17.8. The lowest BCUT2D eigenvalue weighted by molar-refractivity contribution is -0.123. The minimum absolute atomic E-state index is 0.00295. The number of rotatable bonds is 7. The van der Waals surface area contributed by atoms with Crippen molar-refractivity contribution in [2.45, 2.75) is 13.0 Å². The van der Waals surface area contributed by atoms with E-state index in [-0.39, 0.29) is 11.3 Å². The van der Waals surface area contributed by atoms with Crippen molar-refractivity contribution in [3.8, 4) is 11.3 Å². The summed E-state index contributed by atoms with van der Waals surface area (Å²) in [7, 11) is -3.58. The molecule has 0 aliphatic rings. The molecule has 30 heavy (non-hydrogen) atoms. The van der Waals surface area contributed by atoms with E-state index in [1.54, 1.807) is 12.1 Å². The lowest BCUT2D eigenvalue weighted by atomic mass is 10.2. The largest absolute Gasteiger partial charge is 0.449 e. The van der Waals surface area contributed by atoms with Crippen LogP contribution in [0.2, 0.25) is 0 Å². The highest BCUT2D eigenvalue weighted by molar-refractivity contribution is 7.92. The first kappa shape index (κ1) is 21.5. The van der Waals surface area contributed by atoms with E-state index < -0.39 is 28.0 Å². The van der Waals surface area contributed by atoms with Crippen molar-refractivity contribution in [3.63, 3.8) is 0 Å². The van der Waals surface area contributed by atoms with Crippen LogP contribution in [0.1, 0.15) is 17.3 Å². The number of thiazole rings is 1. The zero-order chi connectivity index (χ0) is 21.7. The van der Waals surface area contributed by atoms with E-state index in [4.69, 9.17) is 4.74 Å². The van der Waals surface area contributed by atoms with E-state index in [9.17, 15) is 18.0 Å². The first-order chi connectivity index (χ1) is 14.2. The van der Waals surface area contributed by atoms with Gasteiger partial charge >= 0.3 is 5.97 Å². The van der Waals surface area contributed by atoms with Crippen molar-refractivity contribution >= 4 is 44.1 Å². The zero-order valence-electron chi connectivity index (χ0n) is 16.2. The van der Waals surface area contributed by atoms with Crippen LogP contribution < -0.4 is 10.0 Å². The highest BCUT2D eigenvalue weighted by atomic mass is 32.2. The maximum Gasteiger partial charge on any atom is 0.341 e. The number of carbonyl (C=O) groups excluding carboxylic acids is 2. The molecule has 2 N–H and O–H groups in total. The van der Waals surface area contributed by atoms with Gasteiger partial charge in [0.25, 0.3) is 5.91 Å². The fraction of sp³-hybridized carbons (Fsp3) is 0.150. The molecule has 3 aromatic rings. The molecule has 156 valence electrons. The SMILES string of the molecule is CC(OC(=O)c1ccccc1NS(C)(=O)=O)C(=O)Nc1nc(-c2ccccc2)cs1. The third kappa shape index (κ3) is 5.65. The fourth-order valence-electron chi connectivity index (χ4n) is 2.51. The summed E-state index contributed by atoms with van der Waals surface area (Å²) in [5.74, 6) is -1.38. The molecule has 0 aliphatic carbocycles. The van der Waals surface area contributed by atoms with E-state index in [1.165, 1.54) is 30.4 Å². The number of anilines is 2. The van der Waals surface area contributed by atoms with Crippen LogP contribution in [0.5, 0.6) is 0 Å². The number of carbonyl (C=O) groups is 2. The van der Waals surface area contributed by atoms with Crippen LogP contribution in [0.25, 0.3) is 11.3 Å². The van der Waals surface area contributed by atoms with E-state index >= 15 is 0 Å². The minimum Gasteiger partial charge on any atom is -0.449 e. The van der Waals surface area contributed by atoms with Gasteiger partial charge in [0, 0.05) is 10.9 Å². The molecule has 0 saturated heterocycles. The van der Waals surface area contributed by atoms with E-state index in [0.717, 1.165) is 17.5 Å². The Hall–Kier alpha value is -3.24. The molecule has 1 heterocycles. The third-order valence-electron chi connectivity index (χ3n) is 3.90. The van der Waals surface area contributed by atoms with Crippen LogP contribution in [0.3, 0.4) is 0 Å². The second-order valence-corrected chi connectivity index (χ2v) is 8.97. The average molecular weight is 446 g/mol. The van der Waals surface area contributed by atoms with Crippen LogP contribution in [0.15, 0.2) is 60.0 Å². The van der Waals surface area contributed by atoms with Gasteiger partial charge in [0.05, 0.1) is 23.2 Å². The second kappa shape index (κ2) is 9.06. The van der Waals surface area contributed by atoms with Gasteiger partial charge in [-0.15, -0.1) is 11.3 Å². The molecule has 0 radical (unpaired) electrons. The molecule has 0 aliphatic heterocycles. The average Bonchev–Trinajstić information content (AvgIpc) is 3.16. The predicted molar refractivity (Wildman–Crippen MR) is 116 cm³/mol. The molecule has 0 bridgehead atoms. The highest BCUT2D eigenvalue weighted by Crippen LogP contribution is 2.25. The molecule has 1 unspecified atom stereocenters. The summed E-state index contributed by atoms with van der Waals surface area (Å²) < 4.78 is 30.4. The van der Waals surface area contributed by atoms with Gasteiger partial charge in [0.1, 0.15) is 0 Å². The number of hydrogen-bond acceptors (Lipinski definition) is 7. The normalized spacial score (nSPS) is 12.1. The molecular weight excluding hydrogens is 426 g/mol. The number of para-hydroxylation sites is 1. The molecule has 1 atom stereocenters. The van der Waals surface area contributed by atoms with Gasteiger partial charge in [0.15, 0.2) is 11.2 Å². The quantitative estimate of drug-likeness (QED) is 0.539. The number of benzene rings is 2. The van der Waals surface area contributed by atoms with Crippen molar-refractivity contribution < 1.29 is 22.7 Å². The number of amides is 1. The Morgan fingerprint density at radius 2 is 1.73 bits per heavy atom. The maximum absolute atomic E-state index is 12.5. The molecule has 1 amide bonds. The highest BCUT2D eigenvalue weighted by Gasteiger charge is 2.22. The number of ether oxygens (including phenoxy) is 1. The van der Waals surface area contributed by atoms with Crippen LogP contribution in [0.4, 0.5) is 10.8 Å². The third-order valence-corrected chi connectivity index (χ3v) is 5.25. The predicted octanol–water partition coefficient (Wildman–Crippen LogP) is 3.37. The van der Waals surface area contributed by atoms with Gasteiger partial charge in [-0.25, -0.2) is 18.2 Å². The van der Waals surface area contributed by atoms with Gasteiger partial charge in [-0.05, 0) is 19.1 Å². The Bertz CT molecular complexity index is 1160. The Balaban J connectivity index is 1.65. The van der Waals surface area contributed by atoms with E-state index in [1.807, 2.05) is 35.7 Å². The number of aromatic nitrogens is 1. The summed E-state index contributed by atoms with van der Waals surface area (Å²) in [4.78, 5) is 29.2. The summed E-state index contributed by atoms with van der Waals surface area (Å²) in [6, 6.07) is 15.5. The van der Waals surface area contributed by atoms with Gasteiger partial charge in [-0.2, -0.15) is 0 Å². The first-order valence-corrected chi connectivity index (χ1v) is 11.6. The summed E-state index contributed by atoms with van der Waals surface area (Å²) in [5.41, 5.74) is 1.72. The van der Waals surface area contributed by atoms with Crippen LogP contribution in [-0.4, -0.2) is 37.6 Å². The molecule has 1 aromatic heterocycles. The molecule has 3 rings (SSSR count). The molecule has 2 aromatic carbocycles. The smallest absolute Gasteiger partial charge is 0.341 e. The van der Waals surface area contributed by atoms with Crippen molar-refractivity contribution in [2.24, 2.45) is 0 Å². The van der Waals surface area contributed by atoms with Crippen molar-refractivity contribution in [1.29, 1.82) is 0 Å². The van der Waals surface area contributed by atoms with Gasteiger partial charge in [0.2, 0.25) is 10.0 Å². The minimum atomic E-state index is -3.58. The number of esters is 1. The Morgan fingerprint density at radius 3 is 2.43 bits per heavy atom. The summed E-state index contributed by atoms with van der Waals surface area (Å²) >= 11 is 1.25. The second-order valence-electron chi connectivity index (χ2n) is 6.36. The molecule has 0 fully saturated rings. The van der Waals surface area contributed by atoms with E-state index in [2.05, 4.69) is 15.0 Å². The number of nitrogens with zero attached hydrogens (tertiary/aromatic N) is 1. The molecule has 0 spiro atoms. The van der Waals surface area contributed by atoms with E-state index in [0.29, 0.717) is 5.13 Å². The Labute approximate surface area is 178 Å². The first-order valence-electron chi connectivity index (χ1n) is 8.82. The Morgan fingerprint density at radius 1 is 1.07 bits per heavy atom. The Kier molecular flexibility index (Phi) is 6.48. The molecule has 0 saturated carbocycles. The molecular formula is C20H19N3O5S2. The maximum atomic E-state index is 12.5. The number of sulfonamides is 1. The standard InChI is InChI=1S/C20H19N3O5S2/c1-13(28-19(25)15-10-6-7-11-16(15)23-30(2,26)27)18(24)22-20-21-17(12-29-20)14-8-4-3-5-9-14/h3-13,23H,1-2H3,(H,21,22,24). The monoisotopic (exact) mass is 445 g/mol. The summed E-state index contributed by atoms with van der Waals surface area (Å²) in [6.45, 7) is 1.42. The van der Waals surface area contributed by atoms with Crippen LogP contribution in [-0.2, 0) is 19.6 Å². The van der Waals surface area contributed by atoms with Crippen LogP contribution in [0, 0.1) is 0 Å². The lowest BCUT2D eigenvalue weighted by Crippen LogP contribution is -2.30. The summed E-state index contributed by atoms with van der Waals surface area (Å²) in [5, 5.41) is 4.81. The van der Waals surface area contributed by atoms with Gasteiger partial charge in [-0.1, -0.05) is 42.5 Å². The van der Waals surface area contributed by atoms with Gasteiger partial charge in [-0.3, -0.25) is 14.8 Å². The van der Waals surface area contributed by atoms with Crippen molar-refractivity contribution in [1.82, 2.24) is 4.98 Å². The lowest BCUT2D eigenvalue weighted by Gasteiger charge is -2.14. The number of hydrogen-bond donors (Lipinski definition) is 2. The molecule has 8 nitrogen and oxygen atoms in total. The van der Waals surface area contributed by atoms with Gasteiger partial charge < -0.3 is 4.74 Å². The summed E-state index contributed by atoms with van der Waals surface area (Å²) in [6.07, 6.45) is -0.143. The topological polar surface area (TPSA) is 114 Å². The molecule has 10 heteroatoms.